The first kappa shape index (κ1) is 12.4. The molecule has 1 amide bonds. The topological polar surface area (TPSA) is 66.8 Å². The van der Waals surface area contributed by atoms with Crippen LogP contribution in [-0.4, -0.2) is 29.6 Å². The fourth-order valence-electron chi connectivity index (χ4n) is 1.97. The van der Waals surface area contributed by atoms with Crippen molar-refractivity contribution in [2.75, 3.05) is 11.4 Å². The highest BCUT2D eigenvalue weighted by Crippen LogP contribution is 2.33. The van der Waals surface area contributed by atoms with Crippen LogP contribution in [0.5, 0.6) is 5.75 Å². The third kappa shape index (κ3) is 2.61. The van der Waals surface area contributed by atoms with Crippen LogP contribution in [0, 0.1) is 0 Å². The van der Waals surface area contributed by atoms with Crippen LogP contribution in [0.25, 0.3) is 0 Å². The molecule has 96 valence electrons. The summed E-state index contributed by atoms with van der Waals surface area (Å²) in [4.78, 5) is 24.1. The molecule has 2 rings (SSSR count). The predicted octanol–water partition coefficient (Wildman–Crippen LogP) is 1.67. The van der Waals surface area contributed by atoms with Gasteiger partial charge in [0, 0.05) is 6.42 Å². The van der Waals surface area contributed by atoms with E-state index >= 15 is 0 Å². The molecule has 5 nitrogen and oxygen atoms in total. The number of carboxylic acid groups (broad SMARTS) is 1. The number of carboxylic acids is 1. The van der Waals surface area contributed by atoms with Gasteiger partial charge in [0.25, 0.3) is 0 Å². The molecular weight excluding hydrogens is 234 g/mol. The smallest absolute Gasteiger partial charge is 0.303 e. The molecule has 1 aromatic rings. The van der Waals surface area contributed by atoms with Gasteiger partial charge in [0.05, 0.1) is 18.7 Å². The number of ether oxygens (including phenoxy) is 1. The SMILES string of the molecule is C[C@H]1CN(C(=O)CCC(=O)O)c2ccccc2O1. The molecule has 18 heavy (non-hydrogen) atoms. The minimum absolute atomic E-state index is 0.0103. The van der Waals surface area contributed by atoms with Gasteiger partial charge in [-0.25, -0.2) is 0 Å². The van der Waals surface area contributed by atoms with Crippen LogP contribution in [0.1, 0.15) is 19.8 Å². The number of carbonyl (C=O) groups excluding carboxylic acids is 1. The number of carbonyl (C=O) groups is 2. The van der Waals surface area contributed by atoms with Gasteiger partial charge in [-0.15, -0.1) is 0 Å². The number of amides is 1. The van der Waals surface area contributed by atoms with Crippen LogP contribution in [0.3, 0.4) is 0 Å². The van der Waals surface area contributed by atoms with Gasteiger partial charge in [-0.2, -0.15) is 0 Å². The fourth-order valence-corrected chi connectivity index (χ4v) is 1.97. The summed E-state index contributed by atoms with van der Waals surface area (Å²) in [5.41, 5.74) is 0.714. The van der Waals surface area contributed by atoms with Gasteiger partial charge in [0.1, 0.15) is 11.9 Å². The summed E-state index contributed by atoms with van der Waals surface area (Å²) in [6, 6.07) is 7.29. The van der Waals surface area contributed by atoms with Gasteiger partial charge in [-0.1, -0.05) is 12.1 Å². The zero-order valence-electron chi connectivity index (χ0n) is 10.1. The lowest BCUT2D eigenvalue weighted by atomic mass is 10.1. The average Bonchev–Trinajstić information content (AvgIpc) is 2.34. The van der Waals surface area contributed by atoms with Crippen LogP contribution < -0.4 is 9.64 Å². The van der Waals surface area contributed by atoms with Crippen molar-refractivity contribution in [1.82, 2.24) is 0 Å². The largest absolute Gasteiger partial charge is 0.487 e. The average molecular weight is 249 g/mol. The lowest BCUT2D eigenvalue weighted by Gasteiger charge is -2.33. The lowest BCUT2D eigenvalue weighted by Crippen LogP contribution is -2.42. The molecule has 0 spiro atoms. The summed E-state index contributed by atoms with van der Waals surface area (Å²) in [7, 11) is 0. The number of para-hydroxylation sites is 2. The number of hydrogen-bond donors (Lipinski definition) is 1. The van der Waals surface area contributed by atoms with Crippen LogP contribution in [0.15, 0.2) is 24.3 Å². The normalized spacial score (nSPS) is 17.8. The monoisotopic (exact) mass is 249 g/mol. The summed E-state index contributed by atoms with van der Waals surface area (Å²) >= 11 is 0. The molecule has 0 unspecified atom stereocenters. The quantitative estimate of drug-likeness (QED) is 0.884. The number of nitrogens with zero attached hydrogens (tertiary/aromatic N) is 1. The molecule has 0 bridgehead atoms. The van der Waals surface area contributed by atoms with E-state index in [1.165, 1.54) is 0 Å². The second-order valence-corrected chi connectivity index (χ2v) is 4.29. The molecule has 0 aliphatic carbocycles. The molecule has 1 aliphatic heterocycles. The molecule has 5 heteroatoms. The van der Waals surface area contributed by atoms with Crippen molar-refractivity contribution >= 4 is 17.6 Å². The van der Waals surface area contributed by atoms with E-state index < -0.39 is 5.97 Å². The van der Waals surface area contributed by atoms with Crippen molar-refractivity contribution in [3.8, 4) is 5.75 Å². The molecule has 1 N–H and O–H groups in total. The zero-order valence-corrected chi connectivity index (χ0v) is 10.1. The van der Waals surface area contributed by atoms with Crippen molar-refractivity contribution in [2.45, 2.75) is 25.9 Å². The Morgan fingerprint density at radius 2 is 2.11 bits per heavy atom. The Kier molecular flexibility index (Phi) is 3.50. The molecule has 0 radical (unpaired) electrons. The van der Waals surface area contributed by atoms with Gasteiger partial charge < -0.3 is 14.7 Å². The molecule has 1 atom stereocenters. The second-order valence-electron chi connectivity index (χ2n) is 4.29. The highest BCUT2D eigenvalue weighted by atomic mass is 16.5. The van der Waals surface area contributed by atoms with Gasteiger partial charge in [0.2, 0.25) is 5.91 Å². The summed E-state index contributed by atoms with van der Waals surface area (Å²) in [6.07, 6.45) is -0.225. The van der Waals surface area contributed by atoms with Crippen molar-refractivity contribution in [3.05, 3.63) is 24.3 Å². The molecule has 1 aliphatic rings. The third-order valence-corrected chi connectivity index (χ3v) is 2.78. The summed E-state index contributed by atoms with van der Waals surface area (Å²) < 4.78 is 5.63. The Hall–Kier alpha value is -2.04. The number of rotatable bonds is 3. The van der Waals surface area contributed by atoms with E-state index in [2.05, 4.69) is 0 Å². The zero-order chi connectivity index (χ0) is 13.1. The number of aliphatic carboxylic acids is 1. The van der Waals surface area contributed by atoms with E-state index in [0.717, 1.165) is 0 Å². The number of anilines is 1. The summed E-state index contributed by atoms with van der Waals surface area (Å²) in [5, 5.41) is 8.61. The van der Waals surface area contributed by atoms with E-state index in [1.807, 2.05) is 25.1 Å². The fraction of sp³-hybridized carbons (Fsp3) is 0.385. The van der Waals surface area contributed by atoms with Crippen molar-refractivity contribution in [2.24, 2.45) is 0 Å². The Bertz CT molecular complexity index is 472. The minimum Gasteiger partial charge on any atom is -0.487 e. The second kappa shape index (κ2) is 5.08. The molecule has 0 saturated carbocycles. The summed E-state index contributed by atoms with van der Waals surface area (Å²) in [6.45, 7) is 2.34. The maximum absolute atomic E-state index is 12.0. The first-order chi connectivity index (χ1) is 8.58. The van der Waals surface area contributed by atoms with Gasteiger partial charge in [-0.3, -0.25) is 9.59 Å². The highest BCUT2D eigenvalue weighted by molar-refractivity contribution is 5.96. The molecule has 0 aromatic heterocycles. The van der Waals surface area contributed by atoms with Crippen LogP contribution in [0.2, 0.25) is 0 Å². The van der Waals surface area contributed by atoms with Crippen LogP contribution in [-0.2, 0) is 9.59 Å². The van der Waals surface area contributed by atoms with Gasteiger partial charge in [0.15, 0.2) is 0 Å². The minimum atomic E-state index is -0.960. The van der Waals surface area contributed by atoms with Crippen molar-refractivity contribution in [1.29, 1.82) is 0 Å². The van der Waals surface area contributed by atoms with E-state index in [4.69, 9.17) is 9.84 Å². The Labute approximate surface area is 105 Å². The maximum atomic E-state index is 12.0. The molecule has 1 aromatic carbocycles. The van der Waals surface area contributed by atoms with E-state index in [-0.39, 0.29) is 24.9 Å². The first-order valence-corrected chi connectivity index (χ1v) is 5.86. The van der Waals surface area contributed by atoms with E-state index in [9.17, 15) is 9.59 Å². The van der Waals surface area contributed by atoms with Crippen LogP contribution in [0.4, 0.5) is 5.69 Å². The summed E-state index contributed by atoms with van der Waals surface area (Å²) in [5.74, 6) is -0.474. The maximum Gasteiger partial charge on any atom is 0.303 e. The Morgan fingerprint density at radius 1 is 1.39 bits per heavy atom. The van der Waals surface area contributed by atoms with E-state index in [0.29, 0.717) is 18.0 Å². The van der Waals surface area contributed by atoms with E-state index in [1.54, 1.807) is 11.0 Å². The number of fused-ring (bicyclic) bond motifs is 1. The van der Waals surface area contributed by atoms with Crippen molar-refractivity contribution in [3.63, 3.8) is 0 Å². The molecule has 1 heterocycles. The molecule has 0 saturated heterocycles. The van der Waals surface area contributed by atoms with Gasteiger partial charge in [-0.05, 0) is 19.1 Å². The Morgan fingerprint density at radius 3 is 2.83 bits per heavy atom. The number of benzene rings is 1. The highest BCUT2D eigenvalue weighted by Gasteiger charge is 2.27. The van der Waals surface area contributed by atoms with Crippen molar-refractivity contribution < 1.29 is 19.4 Å². The van der Waals surface area contributed by atoms with Gasteiger partial charge >= 0.3 is 5.97 Å². The molecule has 0 fully saturated rings. The standard InChI is InChI=1S/C13H15NO4/c1-9-8-14(12(15)6-7-13(16)17)10-4-2-3-5-11(10)18-9/h2-5,9H,6-8H2,1H3,(H,16,17)/t9-/m0/s1. The predicted molar refractivity (Wildman–Crippen MR) is 65.8 cm³/mol. The lowest BCUT2D eigenvalue weighted by molar-refractivity contribution is -0.138. The Balaban J connectivity index is 2.18. The first-order valence-electron chi connectivity index (χ1n) is 5.86. The molecular formula is C13H15NO4. The third-order valence-electron chi connectivity index (χ3n) is 2.78. The number of hydrogen-bond acceptors (Lipinski definition) is 3. The van der Waals surface area contributed by atoms with Crippen LogP contribution >= 0.6 is 0 Å².